The van der Waals surface area contributed by atoms with Gasteiger partial charge in [-0.1, -0.05) is 40.2 Å². The second-order valence-electron chi connectivity index (χ2n) is 10.8. The van der Waals surface area contributed by atoms with E-state index in [1.807, 2.05) is 20.8 Å². The minimum atomic E-state index is -0.650. The van der Waals surface area contributed by atoms with Crippen LogP contribution < -0.4 is 21.3 Å². The van der Waals surface area contributed by atoms with Gasteiger partial charge in [-0.15, -0.1) is 0 Å². The summed E-state index contributed by atoms with van der Waals surface area (Å²) in [7, 11) is 0. The van der Waals surface area contributed by atoms with Crippen LogP contribution in [0.25, 0.3) is 10.8 Å². The Morgan fingerprint density at radius 1 is 1.09 bits per heavy atom. The van der Waals surface area contributed by atoms with E-state index >= 15 is 0 Å². The Hall–Kier alpha value is -3.03. The number of carbonyl (C=O) groups is 2. The molecule has 0 fully saturated rings. The number of pyridine rings is 1. The minimum absolute atomic E-state index is 0.0533. The Morgan fingerprint density at radius 3 is 2.32 bits per heavy atom. The van der Waals surface area contributed by atoms with Crippen LogP contribution in [0.5, 0.6) is 5.75 Å². The average molecular weight is 474 g/mol. The molecule has 8 nitrogen and oxygen atoms in total. The highest BCUT2D eigenvalue weighted by Crippen LogP contribution is 2.31. The number of fused-ring (bicyclic) bond motifs is 1. The quantitative estimate of drug-likeness (QED) is 0.528. The first-order valence-electron chi connectivity index (χ1n) is 11.8. The van der Waals surface area contributed by atoms with Crippen LogP contribution in [0.3, 0.4) is 0 Å². The van der Waals surface area contributed by atoms with E-state index in [2.05, 4.69) is 12.2 Å². The lowest BCUT2D eigenvalue weighted by Gasteiger charge is -2.26. The maximum atomic E-state index is 13.6. The lowest BCUT2D eigenvalue weighted by atomic mass is 9.95. The number of ether oxygens (including phenoxy) is 2. The Kier molecular flexibility index (Phi) is 8.75. The number of aromatic nitrogens is 1. The number of benzene rings is 1. The topological polar surface area (TPSA) is 113 Å². The van der Waals surface area contributed by atoms with Gasteiger partial charge in [-0.05, 0) is 50.3 Å². The highest BCUT2D eigenvalue weighted by atomic mass is 16.6. The van der Waals surface area contributed by atoms with E-state index < -0.39 is 17.6 Å². The fraction of sp³-hybridized carbons (Fsp3) is 0.577. The van der Waals surface area contributed by atoms with Crippen LogP contribution >= 0.6 is 0 Å². The first kappa shape index (κ1) is 27.2. The van der Waals surface area contributed by atoms with Crippen LogP contribution in [0.15, 0.2) is 23.0 Å². The van der Waals surface area contributed by atoms with E-state index in [9.17, 15) is 14.4 Å². The second-order valence-corrected chi connectivity index (χ2v) is 10.8. The van der Waals surface area contributed by atoms with Gasteiger partial charge in [0.05, 0.1) is 30.7 Å². The smallest absolute Gasteiger partial charge is 0.407 e. The van der Waals surface area contributed by atoms with Crippen molar-refractivity contribution >= 4 is 22.8 Å². The van der Waals surface area contributed by atoms with Gasteiger partial charge in [-0.2, -0.15) is 0 Å². The van der Waals surface area contributed by atoms with E-state index in [4.69, 9.17) is 15.2 Å². The molecule has 0 bridgehead atoms. The van der Waals surface area contributed by atoms with Gasteiger partial charge in [0.15, 0.2) is 0 Å². The fourth-order valence-corrected chi connectivity index (χ4v) is 3.59. The summed E-state index contributed by atoms with van der Waals surface area (Å²) in [6.07, 6.45) is 1.25. The number of nitrogens with two attached hydrogens (primary N) is 1. The largest absolute Gasteiger partial charge is 0.491 e. The standard InChI is InChI=1S/C26H39N3O5/c1-8-9-12-33-22-19-13-17(14-21(27)30)10-11-18(19)23(31)29(16-25(2,3)4)20(22)15-28-24(32)34-26(5,6)7/h10-11,13H,8-9,12,14-16H2,1-7H3,(H2,27,30)(H,28,32). The summed E-state index contributed by atoms with van der Waals surface area (Å²) in [6, 6.07) is 5.23. The predicted molar refractivity (Wildman–Crippen MR) is 134 cm³/mol. The third kappa shape index (κ3) is 7.78. The molecular weight excluding hydrogens is 434 g/mol. The minimum Gasteiger partial charge on any atom is -0.491 e. The van der Waals surface area contributed by atoms with Crippen LogP contribution in [0.2, 0.25) is 0 Å². The number of hydrogen-bond acceptors (Lipinski definition) is 5. The van der Waals surface area contributed by atoms with E-state index in [1.165, 1.54) is 0 Å². The molecule has 0 spiro atoms. The van der Waals surface area contributed by atoms with E-state index in [1.54, 1.807) is 43.5 Å². The lowest BCUT2D eigenvalue weighted by molar-refractivity contribution is -0.117. The van der Waals surface area contributed by atoms with Crippen LogP contribution in [0.4, 0.5) is 4.79 Å². The normalized spacial score (nSPS) is 12.0. The molecule has 0 saturated carbocycles. The van der Waals surface area contributed by atoms with Gasteiger partial charge in [0.2, 0.25) is 5.91 Å². The number of rotatable bonds is 9. The maximum Gasteiger partial charge on any atom is 0.407 e. The highest BCUT2D eigenvalue weighted by Gasteiger charge is 2.24. The second kappa shape index (κ2) is 10.9. The Balaban J connectivity index is 2.71. The number of carbonyl (C=O) groups excluding carboxylic acids is 2. The zero-order valence-electron chi connectivity index (χ0n) is 21.5. The van der Waals surface area contributed by atoms with Crippen molar-refractivity contribution in [3.05, 3.63) is 39.8 Å². The maximum absolute atomic E-state index is 13.6. The van der Waals surface area contributed by atoms with Crippen LogP contribution in [-0.2, 0) is 29.0 Å². The van der Waals surface area contributed by atoms with Crippen LogP contribution in [0, 0.1) is 5.41 Å². The van der Waals surface area contributed by atoms with Gasteiger partial charge in [0.1, 0.15) is 11.4 Å². The molecule has 0 aliphatic rings. The Labute approximate surface area is 201 Å². The van der Waals surface area contributed by atoms with Crippen LogP contribution in [0.1, 0.15) is 72.6 Å². The molecule has 8 heteroatoms. The van der Waals surface area contributed by atoms with Crippen molar-refractivity contribution in [3.8, 4) is 5.75 Å². The van der Waals surface area contributed by atoms with Crippen molar-refractivity contribution in [3.63, 3.8) is 0 Å². The zero-order chi connectivity index (χ0) is 25.7. The summed E-state index contributed by atoms with van der Waals surface area (Å²) < 4.78 is 13.3. The number of unbranched alkanes of at least 4 members (excludes halogenated alkanes) is 1. The molecule has 0 aliphatic heterocycles. The molecular formula is C26H39N3O5. The van der Waals surface area contributed by atoms with Gasteiger partial charge in [-0.3, -0.25) is 9.59 Å². The number of primary amides is 1. The SMILES string of the molecule is CCCCOc1c(CNC(=O)OC(C)(C)C)n(CC(C)(C)C)c(=O)c2ccc(CC(N)=O)cc12. The molecule has 0 atom stereocenters. The highest BCUT2D eigenvalue weighted by molar-refractivity contribution is 5.90. The number of amides is 2. The molecule has 0 radical (unpaired) electrons. The van der Waals surface area contributed by atoms with Gasteiger partial charge >= 0.3 is 6.09 Å². The number of alkyl carbamates (subject to hydrolysis) is 1. The summed E-state index contributed by atoms with van der Waals surface area (Å²) >= 11 is 0. The van der Waals surface area contributed by atoms with E-state index in [0.29, 0.717) is 40.9 Å². The third-order valence-electron chi connectivity index (χ3n) is 4.95. The molecule has 0 aliphatic carbocycles. The summed E-state index contributed by atoms with van der Waals surface area (Å²) in [6.45, 7) is 14.5. The Morgan fingerprint density at radius 2 is 1.76 bits per heavy atom. The van der Waals surface area contributed by atoms with E-state index in [0.717, 1.165) is 12.8 Å². The molecule has 1 aromatic carbocycles. The van der Waals surface area contributed by atoms with Gasteiger partial charge in [0.25, 0.3) is 5.56 Å². The van der Waals surface area contributed by atoms with E-state index in [-0.39, 0.29) is 23.9 Å². The molecule has 2 amide bonds. The molecule has 1 heterocycles. The van der Waals surface area contributed by atoms with Crippen molar-refractivity contribution in [2.45, 2.75) is 86.4 Å². The zero-order valence-corrected chi connectivity index (χ0v) is 21.5. The first-order valence-corrected chi connectivity index (χ1v) is 11.8. The monoisotopic (exact) mass is 473 g/mol. The molecule has 2 rings (SSSR count). The van der Waals surface area contributed by atoms with Gasteiger partial charge < -0.3 is 25.1 Å². The lowest BCUT2D eigenvalue weighted by Crippen LogP contribution is -2.36. The summed E-state index contributed by atoms with van der Waals surface area (Å²) in [5, 5.41) is 3.87. The van der Waals surface area contributed by atoms with Gasteiger partial charge in [-0.25, -0.2) is 4.79 Å². The summed E-state index contributed by atoms with van der Waals surface area (Å²) in [5.74, 6) is 0.0652. The predicted octanol–water partition coefficient (Wildman–Crippen LogP) is 4.28. The number of nitrogens with one attached hydrogen (secondary N) is 1. The average Bonchev–Trinajstić information content (AvgIpc) is 2.67. The third-order valence-corrected chi connectivity index (χ3v) is 4.95. The first-order chi connectivity index (χ1) is 15.7. The van der Waals surface area contributed by atoms with Crippen LogP contribution in [-0.4, -0.2) is 28.8 Å². The number of nitrogens with zero attached hydrogens (tertiary/aromatic N) is 1. The van der Waals surface area contributed by atoms with Crippen molar-refractivity contribution in [1.29, 1.82) is 0 Å². The molecule has 2 aromatic rings. The van der Waals surface area contributed by atoms with Gasteiger partial charge in [0, 0.05) is 11.9 Å². The molecule has 0 unspecified atom stereocenters. The molecule has 0 saturated heterocycles. The molecule has 188 valence electrons. The fourth-order valence-electron chi connectivity index (χ4n) is 3.59. The molecule has 34 heavy (non-hydrogen) atoms. The van der Waals surface area contributed by atoms with Crippen molar-refractivity contribution in [2.24, 2.45) is 11.1 Å². The van der Waals surface area contributed by atoms with Crippen molar-refractivity contribution in [2.75, 3.05) is 6.61 Å². The van der Waals surface area contributed by atoms with Crippen molar-refractivity contribution in [1.82, 2.24) is 9.88 Å². The number of hydrogen-bond donors (Lipinski definition) is 2. The van der Waals surface area contributed by atoms with Crippen molar-refractivity contribution < 1.29 is 19.1 Å². The Bertz CT molecular complexity index is 1090. The molecule has 3 N–H and O–H groups in total. The summed E-state index contributed by atoms with van der Waals surface area (Å²) in [4.78, 5) is 37.5. The molecule has 1 aromatic heterocycles. The summed E-state index contributed by atoms with van der Waals surface area (Å²) in [5.41, 5.74) is 5.61.